The molecular weight excluding hydrogens is 260 g/mol. The first-order valence-electron chi connectivity index (χ1n) is 6.82. The van der Waals surface area contributed by atoms with Crippen LogP contribution in [0.4, 0.5) is 0 Å². The van der Waals surface area contributed by atoms with Crippen molar-refractivity contribution in [3.05, 3.63) is 35.4 Å². The van der Waals surface area contributed by atoms with Gasteiger partial charge in [0.1, 0.15) is 0 Å². The molecule has 2 aliphatic rings. The molecule has 1 aliphatic heterocycles. The van der Waals surface area contributed by atoms with Crippen LogP contribution in [0.15, 0.2) is 24.3 Å². The number of hydrogen-bond donors (Lipinski definition) is 1. The maximum Gasteiger partial charge on any atom is 0.227 e. The first-order chi connectivity index (χ1) is 8.77. The summed E-state index contributed by atoms with van der Waals surface area (Å²) < 4.78 is 0. The van der Waals surface area contributed by atoms with E-state index in [4.69, 9.17) is 0 Å². The van der Waals surface area contributed by atoms with E-state index in [2.05, 4.69) is 29.6 Å². The van der Waals surface area contributed by atoms with E-state index in [1.54, 1.807) is 0 Å². The monoisotopic (exact) mass is 280 g/mol. The molecule has 0 radical (unpaired) electrons. The van der Waals surface area contributed by atoms with Gasteiger partial charge in [-0.25, -0.2) is 0 Å². The summed E-state index contributed by atoms with van der Waals surface area (Å²) >= 11 is 0. The lowest BCUT2D eigenvalue weighted by atomic mass is 10.0. The smallest absolute Gasteiger partial charge is 0.227 e. The average molecular weight is 281 g/mol. The Morgan fingerprint density at radius 2 is 2.11 bits per heavy atom. The molecule has 19 heavy (non-hydrogen) atoms. The summed E-state index contributed by atoms with van der Waals surface area (Å²) in [6, 6.07) is 8.81. The van der Waals surface area contributed by atoms with Crippen molar-refractivity contribution in [2.75, 3.05) is 20.1 Å². The van der Waals surface area contributed by atoms with Gasteiger partial charge in [-0.3, -0.25) is 4.79 Å². The van der Waals surface area contributed by atoms with Crippen molar-refractivity contribution in [2.24, 2.45) is 5.92 Å². The zero-order chi connectivity index (χ0) is 12.5. The van der Waals surface area contributed by atoms with Crippen molar-refractivity contribution in [1.29, 1.82) is 0 Å². The Balaban J connectivity index is 0.00000133. The predicted octanol–water partition coefficient (Wildman–Crippen LogP) is 2.16. The molecular formula is C15H21ClN2O. The highest BCUT2D eigenvalue weighted by Gasteiger charge is 2.32. The van der Waals surface area contributed by atoms with Crippen molar-refractivity contribution < 1.29 is 4.79 Å². The van der Waals surface area contributed by atoms with Crippen LogP contribution < -0.4 is 5.32 Å². The Hall–Kier alpha value is -1.06. The lowest BCUT2D eigenvalue weighted by Crippen LogP contribution is -2.36. The molecule has 0 saturated carbocycles. The van der Waals surface area contributed by atoms with Crippen LogP contribution in [0.2, 0.25) is 0 Å². The van der Waals surface area contributed by atoms with E-state index in [1.165, 1.54) is 11.1 Å². The number of benzene rings is 1. The third kappa shape index (κ3) is 2.63. The highest BCUT2D eigenvalue weighted by atomic mass is 35.5. The molecule has 0 spiro atoms. The Kier molecular flexibility index (Phi) is 4.48. The number of nitrogens with zero attached hydrogens (tertiary/aromatic N) is 1. The summed E-state index contributed by atoms with van der Waals surface area (Å²) in [5.41, 5.74) is 2.76. The normalized spacial score (nSPS) is 24.7. The standard InChI is InChI=1S/C15H20N2O.ClH/c1-17(15(18)12-8-9-16-10-12)14-7-6-11-4-2-3-5-13(11)14;/h2-5,12,14,16H,6-10H2,1H3;1H. The summed E-state index contributed by atoms with van der Waals surface area (Å²) in [4.78, 5) is 14.4. The largest absolute Gasteiger partial charge is 0.338 e. The molecule has 1 saturated heterocycles. The fourth-order valence-electron chi connectivity index (χ4n) is 3.24. The number of carbonyl (C=O) groups excluding carboxylic acids is 1. The zero-order valence-corrected chi connectivity index (χ0v) is 12.1. The molecule has 1 aromatic rings. The molecule has 1 aromatic carbocycles. The summed E-state index contributed by atoms with van der Waals surface area (Å²) in [7, 11) is 1.97. The van der Waals surface area contributed by atoms with Gasteiger partial charge in [-0.2, -0.15) is 0 Å². The Morgan fingerprint density at radius 3 is 2.84 bits per heavy atom. The van der Waals surface area contributed by atoms with Crippen LogP contribution in [0.1, 0.15) is 30.0 Å². The van der Waals surface area contributed by atoms with Gasteiger partial charge in [0.05, 0.1) is 12.0 Å². The number of fused-ring (bicyclic) bond motifs is 1. The second-order valence-corrected chi connectivity index (χ2v) is 5.39. The molecule has 1 fully saturated rings. The first kappa shape index (κ1) is 14.4. The number of carbonyl (C=O) groups is 1. The van der Waals surface area contributed by atoms with E-state index in [1.807, 2.05) is 11.9 Å². The van der Waals surface area contributed by atoms with Crippen LogP contribution in [0, 0.1) is 5.92 Å². The van der Waals surface area contributed by atoms with Gasteiger partial charge in [0, 0.05) is 13.6 Å². The van der Waals surface area contributed by atoms with Crippen molar-refractivity contribution in [3.63, 3.8) is 0 Å². The summed E-state index contributed by atoms with van der Waals surface area (Å²) in [5, 5.41) is 3.27. The van der Waals surface area contributed by atoms with Gasteiger partial charge in [0.2, 0.25) is 5.91 Å². The van der Waals surface area contributed by atoms with Gasteiger partial charge in [-0.15, -0.1) is 12.4 Å². The minimum absolute atomic E-state index is 0. The summed E-state index contributed by atoms with van der Waals surface area (Å²) in [5.74, 6) is 0.490. The molecule has 1 heterocycles. The average Bonchev–Trinajstić information content (AvgIpc) is 3.06. The second kappa shape index (κ2) is 5.93. The Bertz CT molecular complexity index is 457. The molecule has 2 unspecified atom stereocenters. The fraction of sp³-hybridized carbons (Fsp3) is 0.533. The number of rotatable bonds is 2. The van der Waals surface area contributed by atoms with Crippen LogP contribution in [0.25, 0.3) is 0 Å². The third-order valence-electron chi connectivity index (χ3n) is 4.33. The van der Waals surface area contributed by atoms with Gasteiger partial charge >= 0.3 is 0 Å². The van der Waals surface area contributed by atoms with Gasteiger partial charge in [-0.05, 0) is 36.9 Å². The van der Waals surface area contributed by atoms with Gasteiger partial charge in [-0.1, -0.05) is 24.3 Å². The van der Waals surface area contributed by atoms with E-state index in [0.717, 1.165) is 32.4 Å². The maximum atomic E-state index is 12.4. The predicted molar refractivity (Wildman–Crippen MR) is 78.5 cm³/mol. The summed E-state index contributed by atoms with van der Waals surface area (Å²) in [6.07, 6.45) is 3.15. The SMILES string of the molecule is CN(C(=O)C1CCNC1)C1CCc2ccccc21.Cl. The van der Waals surface area contributed by atoms with Gasteiger partial charge in [0.15, 0.2) is 0 Å². The minimum Gasteiger partial charge on any atom is -0.338 e. The van der Waals surface area contributed by atoms with E-state index in [0.29, 0.717) is 5.91 Å². The molecule has 1 amide bonds. The topological polar surface area (TPSA) is 32.3 Å². The van der Waals surface area contributed by atoms with Gasteiger partial charge in [0.25, 0.3) is 0 Å². The Labute approximate surface area is 120 Å². The molecule has 3 nitrogen and oxygen atoms in total. The van der Waals surface area contributed by atoms with Gasteiger partial charge < -0.3 is 10.2 Å². The van der Waals surface area contributed by atoms with Crippen molar-refractivity contribution in [2.45, 2.75) is 25.3 Å². The fourth-order valence-corrected chi connectivity index (χ4v) is 3.24. The number of halogens is 1. The van der Waals surface area contributed by atoms with Crippen LogP contribution in [-0.4, -0.2) is 30.9 Å². The molecule has 0 aromatic heterocycles. The third-order valence-corrected chi connectivity index (χ3v) is 4.33. The van der Waals surface area contributed by atoms with Crippen LogP contribution >= 0.6 is 12.4 Å². The minimum atomic E-state index is 0. The number of hydrogen-bond acceptors (Lipinski definition) is 2. The molecule has 1 aliphatic carbocycles. The van der Waals surface area contributed by atoms with Crippen LogP contribution in [0.3, 0.4) is 0 Å². The number of amides is 1. The first-order valence-corrected chi connectivity index (χ1v) is 6.82. The second-order valence-electron chi connectivity index (χ2n) is 5.39. The lowest BCUT2D eigenvalue weighted by molar-refractivity contribution is -0.135. The van der Waals surface area contributed by atoms with E-state index in [-0.39, 0.29) is 24.4 Å². The number of aryl methyl sites for hydroxylation is 1. The van der Waals surface area contributed by atoms with E-state index in [9.17, 15) is 4.79 Å². The Morgan fingerprint density at radius 1 is 1.32 bits per heavy atom. The van der Waals surface area contributed by atoms with Crippen molar-refractivity contribution in [1.82, 2.24) is 10.2 Å². The zero-order valence-electron chi connectivity index (χ0n) is 11.3. The maximum absolute atomic E-state index is 12.4. The molecule has 3 rings (SSSR count). The highest BCUT2D eigenvalue weighted by molar-refractivity contribution is 5.85. The summed E-state index contributed by atoms with van der Waals surface area (Å²) in [6.45, 7) is 1.82. The van der Waals surface area contributed by atoms with Crippen molar-refractivity contribution >= 4 is 18.3 Å². The van der Waals surface area contributed by atoms with E-state index >= 15 is 0 Å². The molecule has 0 bridgehead atoms. The van der Waals surface area contributed by atoms with E-state index < -0.39 is 0 Å². The number of nitrogens with one attached hydrogen (secondary N) is 1. The molecule has 104 valence electrons. The lowest BCUT2D eigenvalue weighted by Gasteiger charge is -2.27. The van der Waals surface area contributed by atoms with Crippen molar-refractivity contribution in [3.8, 4) is 0 Å². The molecule has 2 atom stereocenters. The molecule has 4 heteroatoms. The quantitative estimate of drug-likeness (QED) is 0.900. The molecule has 1 N–H and O–H groups in total. The van der Waals surface area contributed by atoms with Crippen LogP contribution in [-0.2, 0) is 11.2 Å². The van der Waals surface area contributed by atoms with Crippen LogP contribution in [0.5, 0.6) is 0 Å². The highest BCUT2D eigenvalue weighted by Crippen LogP contribution is 2.35.